The van der Waals surface area contributed by atoms with Crippen molar-refractivity contribution < 1.29 is 18.2 Å². The van der Waals surface area contributed by atoms with Crippen molar-refractivity contribution in [1.29, 1.82) is 0 Å². The maximum Gasteiger partial charge on any atom is 0.251 e. The minimum absolute atomic E-state index is 0.122. The van der Waals surface area contributed by atoms with Gasteiger partial charge in [0.05, 0.1) is 15.7 Å². The van der Waals surface area contributed by atoms with E-state index in [2.05, 4.69) is 10.6 Å². The van der Waals surface area contributed by atoms with E-state index in [9.17, 15) is 18.2 Å². The van der Waals surface area contributed by atoms with Gasteiger partial charge in [0, 0.05) is 23.5 Å². The second-order valence-electron chi connectivity index (χ2n) is 4.58. The van der Waals surface area contributed by atoms with E-state index < -0.39 is 16.6 Å². The monoisotopic (exact) mass is 334 g/mol. The third-order valence-electron chi connectivity index (χ3n) is 3.03. The maximum absolute atomic E-state index is 13.5. The fourth-order valence-corrected chi connectivity index (χ4v) is 2.91. The molecule has 0 spiro atoms. The van der Waals surface area contributed by atoms with Gasteiger partial charge < -0.3 is 10.6 Å². The van der Waals surface area contributed by atoms with Crippen molar-refractivity contribution in [3.63, 3.8) is 0 Å². The summed E-state index contributed by atoms with van der Waals surface area (Å²) in [5.74, 6) is -0.721. The predicted octanol–water partition coefficient (Wildman–Crippen LogP) is 1.93. The first kappa shape index (κ1) is 16.8. The first-order valence-corrected chi connectivity index (χ1v) is 8.15. The summed E-state index contributed by atoms with van der Waals surface area (Å²) in [7, 11) is -1.51. The van der Waals surface area contributed by atoms with Gasteiger partial charge in [-0.1, -0.05) is 12.1 Å². The van der Waals surface area contributed by atoms with Crippen LogP contribution in [0.4, 0.5) is 10.1 Å². The van der Waals surface area contributed by atoms with Gasteiger partial charge in [0.2, 0.25) is 6.41 Å². The number of anilines is 1. The summed E-state index contributed by atoms with van der Waals surface area (Å²) in [6.45, 7) is 0.161. The second-order valence-corrected chi connectivity index (χ2v) is 6.11. The fourth-order valence-electron chi connectivity index (χ4n) is 1.88. The smallest absolute Gasteiger partial charge is 0.251 e. The number of benzene rings is 2. The summed E-state index contributed by atoms with van der Waals surface area (Å²) in [6, 6.07) is 12.2. The minimum Gasteiger partial charge on any atom is -0.351 e. The van der Waals surface area contributed by atoms with Gasteiger partial charge in [0.1, 0.15) is 5.82 Å². The van der Waals surface area contributed by atoms with Crippen molar-refractivity contribution in [2.45, 2.75) is 4.90 Å². The van der Waals surface area contributed by atoms with Crippen LogP contribution >= 0.6 is 0 Å². The van der Waals surface area contributed by atoms with Gasteiger partial charge in [-0.05, 0) is 36.4 Å². The molecule has 0 saturated carbocycles. The van der Waals surface area contributed by atoms with Crippen LogP contribution in [-0.4, -0.2) is 28.8 Å². The van der Waals surface area contributed by atoms with Crippen LogP contribution in [-0.2, 0) is 15.6 Å². The lowest BCUT2D eigenvalue weighted by Gasteiger charge is -2.07. The summed E-state index contributed by atoms with van der Waals surface area (Å²) in [5.41, 5.74) is 0.996. The van der Waals surface area contributed by atoms with Gasteiger partial charge in [-0.15, -0.1) is 0 Å². The Morgan fingerprint density at radius 2 is 1.83 bits per heavy atom. The zero-order valence-electron chi connectivity index (χ0n) is 12.1. The van der Waals surface area contributed by atoms with Gasteiger partial charge >= 0.3 is 0 Å². The topological polar surface area (TPSA) is 75.3 Å². The highest BCUT2D eigenvalue weighted by Gasteiger charge is 2.10. The van der Waals surface area contributed by atoms with Crippen molar-refractivity contribution in [2.75, 3.05) is 17.6 Å². The largest absolute Gasteiger partial charge is 0.351 e. The summed E-state index contributed by atoms with van der Waals surface area (Å²) < 4.78 is 25.5. The summed E-state index contributed by atoms with van der Waals surface area (Å²) in [4.78, 5) is 22.3. The number of amides is 2. The van der Waals surface area contributed by atoms with Crippen molar-refractivity contribution >= 4 is 28.8 Å². The molecule has 2 aromatic rings. The van der Waals surface area contributed by atoms with Crippen LogP contribution in [0.2, 0.25) is 0 Å². The van der Waals surface area contributed by atoms with Gasteiger partial charge in [-0.25, -0.2) is 4.39 Å². The molecular weight excluding hydrogens is 319 g/mol. The maximum atomic E-state index is 13.5. The number of rotatable bonds is 7. The average Bonchev–Trinajstić information content (AvgIpc) is 2.56. The van der Waals surface area contributed by atoms with E-state index >= 15 is 0 Å². The predicted molar refractivity (Wildman–Crippen MR) is 86.1 cm³/mol. The fraction of sp³-hybridized carbons (Fsp3) is 0.125. The van der Waals surface area contributed by atoms with E-state index in [0.29, 0.717) is 17.7 Å². The van der Waals surface area contributed by atoms with Crippen molar-refractivity contribution in [2.24, 2.45) is 0 Å². The second kappa shape index (κ2) is 8.19. The molecule has 0 bridgehead atoms. The number of carbonyl (C=O) groups excluding carboxylic acids is 2. The van der Waals surface area contributed by atoms with E-state index in [1.807, 2.05) is 0 Å². The third-order valence-corrected chi connectivity index (χ3v) is 4.42. The van der Waals surface area contributed by atoms with E-state index in [1.54, 1.807) is 30.3 Å². The van der Waals surface area contributed by atoms with Gasteiger partial charge in [0.25, 0.3) is 5.91 Å². The average molecular weight is 334 g/mol. The Morgan fingerprint density at radius 3 is 2.48 bits per heavy atom. The highest BCUT2D eigenvalue weighted by atomic mass is 32.2. The van der Waals surface area contributed by atoms with Crippen molar-refractivity contribution in [1.82, 2.24) is 5.32 Å². The molecule has 7 heteroatoms. The molecule has 0 fully saturated rings. The Labute approximate surface area is 135 Å². The van der Waals surface area contributed by atoms with Crippen LogP contribution in [0.3, 0.4) is 0 Å². The Bertz CT molecular complexity index is 720. The summed E-state index contributed by atoms with van der Waals surface area (Å²) in [6.07, 6.45) is 0.549. The lowest BCUT2D eigenvalue weighted by molar-refractivity contribution is -0.105. The van der Waals surface area contributed by atoms with Crippen LogP contribution in [0.5, 0.6) is 0 Å². The molecule has 1 unspecified atom stereocenters. The van der Waals surface area contributed by atoms with Crippen molar-refractivity contribution in [3.8, 4) is 0 Å². The number of halogens is 1. The van der Waals surface area contributed by atoms with E-state index in [-0.39, 0.29) is 23.1 Å². The third kappa shape index (κ3) is 4.72. The molecule has 23 heavy (non-hydrogen) atoms. The minimum atomic E-state index is -1.51. The molecule has 5 nitrogen and oxygen atoms in total. The molecule has 2 N–H and O–H groups in total. The first-order chi connectivity index (χ1) is 11.1. The van der Waals surface area contributed by atoms with Gasteiger partial charge in [-0.2, -0.15) is 0 Å². The molecule has 1 atom stereocenters. The normalized spacial score (nSPS) is 11.5. The first-order valence-electron chi connectivity index (χ1n) is 6.83. The zero-order chi connectivity index (χ0) is 16.7. The van der Waals surface area contributed by atoms with E-state index in [1.165, 1.54) is 18.2 Å². The SMILES string of the molecule is O=CNc1ccc(C(=O)NCCS(=O)c2ccccc2F)cc1. The zero-order valence-corrected chi connectivity index (χ0v) is 12.9. The van der Waals surface area contributed by atoms with E-state index in [4.69, 9.17) is 0 Å². The van der Waals surface area contributed by atoms with Crippen LogP contribution in [0, 0.1) is 5.82 Å². The molecule has 120 valence electrons. The summed E-state index contributed by atoms with van der Waals surface area (Å²) in [5, 5.41) is 5.09. The Balaban J connectivity index is 1.86. The number of nitrogens with one attached hydrogen (secondary N) is 2. The lowest BCUT2D eigenvalue weighted by atomic mass is 10.2. The summed E-state index contributed by atoms with van der Waals surface area (Å²) >= 11 is 0. The Hall–Kier alpha value is -2.54. The van der Waals surface area contributed by atoms with Crippen LogP contribution in [0.15, 0.2) is 53.4 Å². The molecule has 2 rings (SSSR count). The highest BCUT2D eigenvalue weighted by molar-refractivity contribution is 7.85. The molecule has 0 radical (unpaired) electrons. The quantitative estimate of drug-likeness (QED) is 0.760. The molecule has 2 aromatic carbocycles. The molecule has 0 aliphatic carbocycles. The van der Waals surface area contributed by atoms with Crippen LogP contribution in [0.25, 0.3) is 0 Å². The van der Waals surface area contributed by atoms with Crippen LogP contribution in [0.1, 0.15) is 10.4 Å². The van der Waals surface area contributed by atoms with Crippen molar-refractivity contribution in [3.05, 3.63) is 59.9 Å². The molecule has 0 aliphatic heterocycles. The molecule has 0 heterocycles. The standard InChI is InChI=1S/C16H15FN2O3S/c17-14-3-1-2-4-15(14)23(22)10-9-18-16(21)12-5-7-13(8-6-12)19-11-20/h1-8,11H,9-10H2,(H,18,21)(H,19,20). The Morgan fingerprint density at radius 1 is 1.13 bits per heavy atom. The van der Waals surface area contributed by atoms with Crippen LogP contribution < -0.4 is 10.6 Å². The number of hydrogen-bond donors (Lipinski definition) is 2. The van der Waals surface area contributed by atoms with E-state index in [0.717, 1.165) is 0 Å². The van der Waals surface area contributed by atoms with Gasteiger partial charge in [0.15, 0.2) is 0 Å². The number of hydrogen-bond acceptors (Lipinski definition) is 3. The Kier molecular flexibility index (Phi) is 5.99. The molecule has 0 aliphatic rings. The molecule has 2 amide bonds. The van der Waals surface area contributed by atoms with Gasteiger partial charge in [-0.3, -0.25) is 13.8 Å². The highest BCUT2D eigenvalue weighted by Crippen LogP contribution is 2.11. The lowest BCUT2D eigenvalue weighted by Crippen LogP contribution is -2.27. The molecular formula is C16H15FN2O3S. The molecule has 0 saturated heterocycles. The molecule has 0 aromatic heterocycles. The number of carbonyl (C=O) groups is 2.